The lowest BCUT2D eigenvalue weighted by atomic mass is 10.3. The number of ether oxygens (including phenoxy) is 2. The number of hydrogen-bond acceptors (Lipinski definition) is 5. The molecule has 1 aromatic carbocycles. The molecule has 21 heavy (non-hydrogen) atoms. The van der Waals surface area contributed by atoms with Gasteiger partial charge in [-0.05, 0) is 31.2 Å². The molecular weight excluding hydrogens is 298 g/mol. The van der Waals surface area contributed by atoms with Crippen LogP contribution >= 0.6 is 0 Å². The number of methoxy groups -OCH3 is 1. The molecule has 0 bridgehead atoms. The van der Waals surface area contributed by atoms with E-state index in [1.165, 1.54) is 42.7 Å². The molecule has 0 heterocycles. The van der Waals surface area contributed by atoms with Crippen molar-refractivity contribution in [2.24, 2.45) is 0 Å². The minimum Gasteiger partial charge on any atom is -0.482 e. The molecule has 1 N–H and O–H groups in total. The van der Waals surface area contributed by atoms with E-state index in [0.29, 0.717) is 5.75 Å². The Morgan fingerprint density at radius 1 is 1.33 bits per heavy atom. The zero-order chi connectivity index (χ0) is 16.0. The average molecular weight is 317 g/mol. The molecule has 0 fully saturated rings. The Hall–Kier alpha value is -1.64. The molecular formula is C13H19NO6S. The number of carbonyl (C=O) groups is 1. The summed E-state index contributed by atoms with van der Waals surface area (Å²) >= 11 is 0. The highest BCUT2D eigenvalue weighted by atomic mass is 32.2. The Labute approximate surface area is 124 Å². The highest BCUT2D eigenvalue weighted by Crippen LogP contribution is 2.20. The van der Waals surface area contributed by atoms with Gasteiger partial charge in [-0.15, -0.1) is 0 Å². The van der Waals surface area contributed by atoms with Crippen molar-refractivity contribution in [3.05, 3.63) is 24.3 Å². The number of carboxylic acids is 1. The predicted octanol–water partition coefficient (Wildman–Crippen LogP) is 0.805. The van der Waals surface area contributed by atoms with Gasteiger partial charge in [0.15, 0.2) is 6.61 Å². The summed E-state index contributed by atoms with van der Waals surface area (Å²) in [5.74, 6) is -0.802. The van der Waals surface area contributed by atoms with Gasteiger partial charge in [-0.1, -0.05) is 0 Å². The first-order chi connectivity index (χ1) is 9.78. The van der Waals surface area contributed by atoms with E-state index in [0.717, 1.165) is 0 Å². The number of likely N-dealkylation sites (N-methyl/N-ethyl adjacent to an activating group) is 1. The van der Waals surface area contributed by atoms with Crippen LogP contribution in [0.3, 0.4) is 0 Å². The number of rotatable bonds is 8. The summed E-state index contributed by atoms with van der Waals surface area (Å²) in [7, 11) is -0.641. The van der Waals surface area contributed by atoms with Gasteiger partial charge in [-0.2, -0.15) is 4.31 Å². The van der Waals surface area contributed by atoms with Crippen LogP contribution in [0.4, 0.5) is 0 Å². The van der Waals surface area contributed by atoms with Gasteiger partial charge in [0.1, 0.15) is 5.75 Å². The van der Waals surface area contributed by atoms with Crippen molar-refractivity contribution in [2.75, 3.05) is 27.4 Å². The lowest BCUT2D eigenvalue weighted by Gasteiger charge is -2.23. The third-order valence-corrected chi connectivity index (χ3v) is 4.88. The third-order valence-electron chi connectivity index (χ3n) is 2.89. The summed E-state index contributed by atoms with van der Waals surface area (Å²) < 4.78 is 35.8. The van der Waals surface area contributed by atoms with Gasteiger partial charge in [0.25, 0.3) is 0 Å². The summed E-state index contributed by atoms with van der Waals surface area (Å²) in [6.07, 6.45) is 0. The van der Waals surface area contributed by atoms with Crippen molar-refractivity contribution in [2.45, 2.75) is 17.9 Å². The van der Waals surface area contributed by atoms with E-state index in [1.807, 2.05) is 0 Å². The Morgan fingerprint density at radius 2 is 1.90 bits per heavy atom. The van der Waals surface area contributed by atoms with E-state index in [4.69, 9.17) is 14.6 Å². The van der Waals surface area contributed by atoms with Gasteiger partial charge in [0.2, 0.25) is 10.0 Å². The molecule has 0 aromatic heterocycles. The smallest absolute Gasteiger partial charge is 0.341 e. The first-order valence-electron chi connectivity index (χ1n) is 6.20. The van der Waals surface area contributed by atoms with Gasteiger partial charge in [-0.3, -0.25) is 0 Å². The number of carboxylic acid groups (broad SMARTS) is 1. The topological polar surface area (TPSA) is 93.1 Å². The van der Waals surface area contributed by atoms with Crippen molar-refractivity contribution in [1.82, 2.24) is 4.31 Å². The van der Waals surface area contributed by atoms with Gasteiger partial charge >= 0.3 is 5.97 Å². The van der Waals surface area contributed by atoms with Gasteiger partial charge in [0, 0.05) is 20.2 Å². The second-order valence-corrected chi connectivity index (χ2v) is 6.48. The van der Waals surface area contributed by atoms with Crippen LogP contribution in [0.5, 0.6) is 5.75 Å². The molecule has 0 spiro atoms. The van der Waals surface area contributed by atoms with E-state index >= 15 is 0 Å². The summed E-state index contributed by atoms with van der Waals surface area (Å²) in [4.78, 5) is 10.5. The predicted molar refractivity (Wildman–Crippen MR) is 75.9 cm³/mol. The van der Waals surface area contributed by atoms with Gasteiger partial charge in [0.05, 0.1) is 11.5 Å². The molecule has 0 aliphatic rings. The number of benzene rings is 1. The molecule has 118 valence electrons. The first-order valence-corrected chi connectivity index (χ1v) is 7.64. The van der Waals surface area contributed by atoms with Crippen LogP contribution < -0.4 is 4.74 Å². The van der Waals surface area contributed by atoms with Crippen LogP contribution in [0.15, 0.2) is 29.2 Å². The maximum atomic E-state index is 12.4. The molecule has 0 saturated heterocycles. The molecule has 0 saturated carbocycles. The van der Waals surface area contributed by atoms with E-state index in [2.05, 4.69) is 0 Å². The zero-order valence-corrected chi connectivity index (χ0v) is 13.0. The average Bonchev–Trinajstić information content (AvgIpc) is 2.45. The standard InChI is InChI=1S/C13H19NO6S/c1-10(8-19-3)14(2)21(17,18)12-6-4-11(5-7-12)20-9-13(15)16/h4-7,10H,8-9H2,1-3H3,(H,15,16). The van der Waals surface area contributed by atoms with E-state index in [1.54, 1.807) is 6.92 Å². The normalized spacial score (nSPS) is 13.1. The quantitative estimate of drug-likeness (QED) is 0.762. The second-order valence-electron chi connectivity index (χ2n) is 4.48. The minimum absolute atomic E-state index is 0.107. The number of nitrogens with zero attached hydrogens (tertiary/aromatic N) is 1. The Balaban J connectivity index is 2.86. The van der Waals surface area contributed by atoms with Crippen LogP contribution in [-0.4, -0.2) is 57.2 Å². The van der Waals surface area contributed by atoms with Crippen LogP contribution in [0, 0.1) is 0 Å². The SMILES string of the molecule is COCC(C)N(C)S(=O)(=O)c1ccc(OCC(=O)O)cc1. The summed E-state index contributed by atoms with van der Waals surface area (Å²) in [6.45, 7) is 1.55. The molecule has 0 aliphatic heterocycles. The number of hydrogen-bond donors (Lipinski definition) is 1. The molecule has 7 nitrogen and oxygen atoms in total. The van der Waals surface area contributed by atoms with Crippen molar-refractivity contribution in [3.63, 3.8) is 0 Å². The second kappa shape index (κ2) is 7.39. The molecule has 1 aromatic rings. The molecule has 1 unspecified atom stereocenters. The van der Waals surface area contributed by atoms with Crippen LogP contribution in [0.1, 0.15) is 6.92 Å². The van der Waals surface area contributed by atoms with Gasteiger partial charge in [-0.25, -0.2) is 13.2 Å². The molecule has 0 aliphatic carbocycles. The lowest BCUT2D eigenvalue weighted by Crippen LogP contribution is -2.37. The van der Waals surface area contributed by atoms with Crippen molar-refractivity contribution >= 4 is 16.0 Å². The molecule has 0 amide bonds. The van der Waals surface area contributed by atoms with E-state index < -0.39 is 22.6 Å². The van der Waals surface area contributed by atoms with Crippen LogP contribution in [0.25, 0.3) is 0 Å². The Morgan fingerprint density at radius 3 is 2.38 bits per heavy atom. The van der Waals surface area contributed by atoms with Crippen LogP contribution in [-0.2, 0) is 19.6 Å². The minimum atomic E-state index is -3.63. The monoisotopic (exact) mass is 317 g/mol. The molecule has 1 atom stereocenters. The number of sulfonamides is 1. The fourth-order valence-corrected chi connectivity index (χ4v) is 2.95. The van der Waals surface area contributed by atoms with Crippen molar-refractivity contribution in [3.8, 4) is 5.75 Å². The van der Waals surface area contributed by atoms with E-state index in [-0.39, 0.29) is 17.5 Å². The fraction of sp³-hybridized carbons (Fsp3) is 0.462. The highest BCUT2D eigenvalue weighted by molar-refractivity contribution is 7.89. The summed E-state index contributed by atoms with van der Waals surface area (Å²) in [6, 6.07) is 5.29. The van der Waals surface area contributed by atoms with Crippen molar-refractivity contribution in [1.29, 1.82) is 0 Å². The summed E-state index contributed by atoms with van der Waals surface area (Å²) in [5, 5.41) is 8.50. The van der Waals surface area contributed by atoms with Gasteiger partial charge < -0.3 is 14.6 Å². The zero-order valence-electron chi connectivity index (χ0n) is 12.1. The molecule has 8 heteroatoms. The molecule has 1 rings (SSSR count). The maximum Gasteiger partial charge on any atom is 0.341 e. The van der Waals surface area contributed by atoms with E-state index in [9.17, 15) is 13.2 Å². The Bertz CT molecular complexity index is 569. The van der Waals surface area contributed by atoms with Crippen molar-refractivity contribution < 1.29 is 27.8 Å². The largest absolute Gasteiger partial charge is 0.482 e. The number of aliphatic carboxylic acids is 1. The van der Waals surface area contributed by atoms with Crippen LogP contribution in [0.2, 0.25) is 0 Å². The third kappa shape index (κ3) is 4.69. The molecule has 0 radical (unpaired) electrons. The maximum absolute atomic E-state index is 12.4. The fourth-order valence-electron chi connectivity index (χ4n) is 1.60. The lowest BCUT2D eigenvalue weighted by molar-refractivity contribution is -0.139. The summed E-state index contributed by atoms with van der Waals surface area (Å²) in [5.41, 5.74) is 0. The first kappa shape index (κ1) is 17.4. The Kier molecular flexibility index (Phi) is 6.13. The highest BCUT2D eigenvalue weighted by Gasteiger charge is 2.25.